The number of aliphatic hydroxyl groups is 1. The number of amides is 1. The minimum atomic E-state index is -0.314. The van der Waals surface area contributed by atoms with Crippen LogP contribution in [0.1, 0.15) is 53.4 Å². The van der Waals surface area contributed by atoms with Gasteiger partial charge in [-0.15, -0.1) is 0 Å². The van der Waals surface area contributed by atoms with Gasteiger partial charge in [0, 0.05) is 31.1 Å². The van der Waals surface area contributed by atoms with Gasteiger partial charge in [-0.3, -0.25) is 9.69 Å². The van der Waals surface area contributed by atoms with Crippen molar-refractivity contribution in [2.45, 2.75) is 77.6 Å². The van der Waals surface area contributed by atoms with E-state index < -0.39 is 0 Å². The number of hydrogen-bond acceptors (Lipinski definition) is 3. The average Bonchev–Trinajstić information content (AvgIpc) is 2.76. The Morgan fingerprint density at radius 1 is 1.15 bits per heavy atom. The molecule has 1 amide bonds. The molecule has 0 spiro atoms. The summed E-state index contributed by atoms with van der Waals surface area (Å²) in [5, 5.41) is 9.76. The first-order chi connectivity index (χ1) is 9.41. The first-order valence-electron chi connectivity index (χ1n) is 8.16. The molecular weight excluding hydrogens is 252 g/mol. The second kappa shape index (κ2) is 6.44. The predicted octanol–water partition coefficient (Wildman–Crippen LogP) is 1.87. The smallest absolute Gasteiger partial charge is 0.239 e. The number of carbonyl (C=O) groups is 1. The Bertz CT molecular complexity index is 335. The summed E-state index contributed by atoms with van der Waals surface area (Å²) in [5.74, 6) is 0.490. The lowest BCUT2D eigenvalue weighted by Crippen LogP contribution is -2.53. The third kappa shape index (κ3) is 3.17. The van der Waals surface area contributed by atoms with Crippen molar-refractivity contribution >= 4 is 5.91 Å². The van der Waals surface area contributed by atoms with E-state index in [2.05, 4.69) is 18.7 Å². The second-order valence-electron chi connectivity index (χ2n) is 6.83. The van der Waals surface area contributed by atoms with E-state index in [1.54, 1.807) is 0 Å². The van der Waals surface area contributed by atoms with Crippen molar-refractivity contribution in [1.29, 1.82) is 0 Å². The van der Waals surface area contributed by atoms with Crippen LogP contribution < -0.4 is 0 Å². The molecular formula is C16H30N2O2. The van der Waals surface area contributed by atoms with Crippen molar-refractivity contribution in [3.05, 3.63) is 0 Å². The number of carbonyl (C=O) groups excluding carboxylic acids is 1. The molecule has 0 aromatic heterocycles. The van der Waals surface area contributed by atoms with Crippen LogP contribution in [0.25, 0.3) is 0 Å². The molecule has 2 heterocycles. The summed E-state index contributed by atoms with van der Waals surface area (Å²) in [6.45, 7) is 9.91. The van der Waals surface area contributed by atoms with Crippen molar-refractivity contribution in [2.24, 2.45) is 5.92 Å². The number of likely N-dealkylation sites (tertiary alicyclic amines) is 2. The first-order valence-corrected chi connectivity index (χ1v) is 8.16. The van der Waals surface area contributed by atoms with Gasteiger partial charge < -0.3 is 10.0 Å². The molecule has 5 unspecified atom stereocenters. The molecule has 2 fully saturated rings. The largest absolute Gasteiger partial charge is 0.393 e. The monoisotopic (exact) mass is 282 g/mol. The van der Waals surface area contributed by atoms with Gasteiger partial charge in [0.15, 0.2) is 0 Å². The van der Waals surface area contributed by atoms with Crippen LogP contribution in [0, 0.1) is 5.92 Å². The summed E-state index contributed by atoms with van der Waals surface area (Å²) in [6, 6.07) is 0.970. The Morgan fingerprint density at radius 3 is 2.30 bits per heavy atom. The number of hydrogen-bond donors (Lipinski definition) is 1. The topological polar surface area (TPSA) is 43.8 Å². The maximum absolute atomic E-state index is 12.7. The fraction of sp³-hybridized carbons (Fsp3) is 0.938. The molecule has 4 heteroatoms. The molecule has 2 aliphatic rings. The van der Waals surface area contributed by atoms with Gasteiger partial charge in [-0.05, 0) is 53.4 Å². The highest BCUT2D eigenvalue weighted by atomic mass is 16.3. The predicted molar refractivity (Wildman–Crippen MR) is 80.4 cm³/mol. The number of nitrogens with zero attached hydrogens (tertiary/aromatic N) is 2. The molecule has 0 saturated carbocycles. The molecule has 0 aromatic carbocycles. The van der Waals surface area contributed by atoms with Gasteiger partial charge >= 0.3 is 0 Å². The Morgan fingerprint density at radius 2 is 1.75 bits per heavy atom. The molecule has 2 aliphatic heterocycles. The summed E-state index contributed by atoms with van der Waals surface area (Å²) in [7, 11) is 0. The lowest BCUT2D eigenvalue weighted by Gasteiger charge is -2.39. The summed E-state index contributed by atoms with van der Waals surface area (Å²) in [6.07, 6.45) is 4.11. The van der Waals surface area contributed by atoms with Gasteiger partial charge in [0.1, 0.15) is 0 Å². The quantitative estimate of drug-likeness (QED) is 0.859. The zero-order chi connectivity index (χ0) is 14.9. The number of piperidine rings is 1. The highest BCUT2D eigenvalue weighted by molar-refractivity contribution is 5.81. The van der Waals surface area contributed by atoms with Crippen molar-refractivity contribution in [2.75, 3.05) is 13.1 Å². The minimum Gasteiger partial charge on any atom is -0.393 e. The van der Waals surface area contributed by atoms with Gasteiger partial charge in [0.25, 0.3) is 0 Å². The molecule has 0 bridgehead atoms. The zero-order valence-electron chi connectivity index (χ0n) is 13.4. The molecule has 0 aliphatic carbocycles. The Hall–Kier alpha value is -0.610. The average molecular weight is 282 g/mol. The van der Waals surface area contributed by atoms with Crippen molar-refractivity contribution in [3.63, 3.8) is 0 Å². The summed E-state index contributed by atoms with van der Waals surface area (Å²) in [5.41, 5.74) is 0. The minimum absolute atomic E-state index is 0.0322. The van der Waals surface area contributed by atoms with E-state index in [0.717, 1.165) is 25.9 Å². The van der Waals surface area contributed by atoms with E-state index in [9.17, 15) is 9.90 Å². The Balaban J connectivity index is 1.99. The third-order valence-electron chi connectivity index (χ3n) is 5.28. The highest BCUT2D eigenvalue weighted by Crippen LogP contribution is 2.28. The maximum atomic E-state index is 12.7. The van der Waals surface area contributed by atoms with Crippen LogP contribution in [0.2, 0.25) is 0 Å². The van der Waals surface area contributed by atoms with E-state index in [-0.39, 0.29) is 24.0 Å². The molecule has 116 valence electrons. The molecule has 5 atom stereocenters. The summed E-state index contributed by atoms with van der Waals surface area (Å²) < 4.78 is 0. The maximum Gasteiger partial charge on any atom is 0.239 e. The fourth-order valence-corrected chi connectivity index (χ4v) is 3.97. The van der Waals surface area contributed by atoms with Crippen LogP contribution in [0.15, 0.2) is 0 Å². The van der Waals surface area contributed by atoms with Crippen LogP contribution in [0.3, 0.4) is 0 Å². The summed E-state index contributed by atoms with van der Waals surface area (Å²) >= 11 is 0. The van der Waals surface area contributed by atoms with Crippen LogP contribution in [-0.2, 0) is 4.79 Å². The fourth-order valence-electron chi connectivity index (χ4n) is 3.97. The van der Waals surface area contributed by atoms with E-state index >= 15 is 0 Å². The van der Waals surface area contributed by atoms with E-state index in [0.29, 0.717) is 12.1 Å². The van der Waals surface area contributed by atoms with E-state index in [1.807, 2.05) is 18.7 Å². The molecule has 1 N–H and O–H groups in total. The van der Waals surface area contributed by atoms with Gasteiger partial charge in [0.05, 0.1) is 12.1 Å². The van der Waals surface area contributed by atoms with Gasteiger partial charge in [-0.1, -0.05) is 0 Å². The van der Waals surface area contributed by atoms with Crippen LogP contribution in [0.5, 0.6) is 0 Å². The van der Waals surface area contributed by atoms with Crippen molar-refractivity contribution in [3.8, 4) is 0 Å². The van der Waals surface area contributed by atoms with Crippen LogP contribution in [0.4, 0.5) is 0 Å². The lowest BCUT2D eigenvalue weighted by molar-refractivity contribution is -0.140. The summed E-state index contributed by atoms with van der Waals surface area (Å²) in [4.78, 5) is 17.1. The number of rotatable bonds is 3. The normalized spacial score (nSPS) is 35.0. The zero-order valence-corrected chi connectivity index (χ0v) is 13.4. The van der Waals surface area contributed by atoms with Crippen molar-refractivity contribution < 1.29 is 9.90 Å². The Kier molecular flexibility index (Phi) is 5.08. The van der Waals surface area contributed by atoms with Crippen LogP contribution >= 0.6 is 0 Å². The van der Waals surface area contributed by atoms with E-state index in [4.69, 9.17) is 0 Å². The van der Waals surface area contributed by atoms with Crippen molar-refractivity contribution in [1.82, 2.24) is 9.80 Å². The molecule has 20 heavy (non-hydrogen) atoms. The third-order valence-corrected chi connectivity index (χ3v) is 5.28. The standard InChI is InChI=1S/C16H30N2O2/c1-11-7-8-12(2)18(11)13(3)16(20)17-9-5-6-15(10-17)14(4)19/h11-15,19H,5-10H2,1-4H3. The lowest BCUT2D eigenvalue weighted by atomic mass is 9.93. The molecule has 4 nitrogen and oxygen atoms in total. The molecule has 2 saturated heterocycles. The SMILES string of the molecule is CC(O)C1CCCN(C(=O)C(C)N2C(C)CCC2C)C1. The molecule has 2 rings (SSSR count). The first kappa shape index (κ1) is 15.8. The number of aliphatic hydroxyl groups excluding tert-OH is 1. The van der Waals surface area contributed by atoms with E-state index in [1.165, 1.54) is 12.8 Å². The Labute approximate surface area is 123 Å². The van der Waals surface area contributed by atoms with Crippen LogP contribution in [-0.4, -0.2) is 58.1 Å². The van der Waals surface area contributed by atoms with Gasteiger partial charge in [-0.2, -0.15) is 0 Å². The second-order valence-corrected chi connectivity index (χ2v) is 6.83. The highest BCUT2D eigenvalue weighted by Gasteiger charge is 2.37. The molecule has 0 radical (unpaired) electrons. The molecule has 0 aromatic rings. The van der Waals surface area contributed by atoms with Gasteiger partial charge in [0.2, 0.25) is 5.91 Å². The van der Waals surface area contributed by atoms with Gasteiger partial charge in [-0.25, -0.2) is 0 Å².